The van der Waals surface area contributed by atoms with Crippen LogP contribution in [0.2, 0.25) is 0 Å². The van der Waals surface area contributed by atoms with Gasteiger partial charge in [0, 0.05) is 14.2 Å². The fraction of sp³-hybridized carbons (Fsp3) is 1.00. The maximum atomic E-state index is 5.16. The van der Waals surface area contributed by atoms with Crippen LogP contribution in [0.25, 0.3) is 0 Å². The molecule has 3 nitrogen and oxygen atoms in total. The molecule has 0 atom stereocenters. The summed E-state index contributed by atoms with van der Waals surface area (Å²) in [6, 6.07) is 0. The van der Waals surface area contributed by atoms with Gasteiger partial charge in [0.2, 0.25) is 6.29 Å². The molecule has 0 heterocycles. The second-order valence-corrected chi connectivity index (χ2v) is 3.34. The van der Waals surface area contributed by atoms with Crippen molar-refractivity contribution < 1.29 is 37.9 Å². The molecule has 0 spiro atoms. The van der Waals surface area contributed by atoms with Gasteiger partial charge in [-0.1, -0.05) is 0 Å². The van der Waals surface area contributed by atoms with E-state index < -0.39 is 0 Å². The van der Waals surface area contributed by atoms with Gasteiger partial charge in [-0.3, -0.25) is 0 Å². The minimum atomic E-state index is -0.0742. The van der Waals surface area contributed by atoms with Gasteiger partial charge in [0.05, 0.1) is 20.1 Å². The molecule has 0 aromatic carbocycles. The lowest BCUT2D eigenvalue weighted by atomic mass is 10.4. The molecule has 0 aliphatic carbocycles. The molecule has 0 saturated heterocycles. The van der Waals surface area contributed by atoms with Gasteiger partial charge in [-0.25, -0.2) is 0 Å². The number of halogens is 1. The molecule has 0 bridgehead atoms. The first-order valence-electron chi connectivity index (χ1n) is 4.51. The number of quaternary nitrogens is 1. The van der Waals surface area contributed by atoms with E-state index in [4.69, 9.17) is 9.47 Å². The van der Waals surface area contributed by atoms with E-state index in [0.29, 0.717) is 0 Å². The van der Waals surface area contributed by atoms with Crippen molar-refractivity contribution in [3.8, 4) is 0 Å². The smallest absolute Gasteiger partial charge is 0.207 e. The number of methoxy groups -OCH3 is 2. The van der Waals surface area contributed by atoms with Gasteiger partial charge in [-0.05, 0) is 13.8 Å². The van der Waals surface area contributed by atoms with E-state index in [1.54, 1.807) is 14.2 Å². The van der Waals surface area contributed by atoms with Crippen LogP contribution in [0.4, 0.5) is 0 Å². The van der Waals surface area contributed by atoms with Gasteiger partial charge in [-0.15, -0.1) is 0 Å². The number of rotatable bonds is 6. The zero-order valence-corrected chi connectivity index (χ0v) is 11.5. The summed E-state index contributed by atoms with van der Waals surface area (Å²) in [5.74, 6) is 0. The molecule has 0 aliphatic rings. The van der Waals surface area contributed by atoms with Crippen LogP contribution in [-0.4, -0.2) is 51.7 Å². The Morgan fingerprint density at radius 3 is 1.69 bits per heavy atom. The fourth-order valence-corrected chi connectivity index (χ4v) is 1.09. The predicted octanol–water partition coefficient (Wildman–Crippen LogP) is -1.90. The summed E-state index contributed by atoms with van der Waals surface area (Å²) in [6.45, 7) is 7.51. The van der Waals surface area contributed by atoms with Gasteiger partial charge in [-0.2, -0.15) is 0 Å². The third kappa shape index (κ3) is 5.83. The molecule has 0 fully saturated rings. The minimum Gasteiger partial charge on any atom is -1.00 e. The lowest BCUT2D eigenvalue weighted by Gasteiger charge is -2.34. The largest absolute Gasteiger partial charge is 1.00 e. The Labute approximate surface area is 99.0 Å². The maximum absolute atomic E-state index is 5.16. The summed E-state index contributed by atoms with van der Waals surface area (Å²) >= 11 is 0. The summed E-state index contributed by atoms with van der Waals surface area (Å²) in [6.07, 6.45) is -0.0742. The quantitative estimate of drug-likeness (QED) is 0.324. The topological polar surface area (TPSA) is 18.5 Å². The van der Waals surface area contributed by atoms with Gasteiger partial charge in [0.15, 0.2) is 0 Å². The summed E-state index contributed by atoms with van der Waals surface area (Å²) < 4.78 is 11.3. The Morgan fingerprint density at radius 2 is 1.46 bits per heavy atom. The van der Waals surface area contributed by atoms with Crippen LogP contribution in [0, 0.1) is 0 Å². The predicted molar refractivity (Wildman–Crippen MR) is 49.9 cm³/mol. The summed E-state index contributed by atoms with van der Waals surface area (Å²) in [5, 5.41) is 0. The average molecular weight is 303 g/mol. The summed E-state index contributed by atoms with van der Waals surface area (Å²) in [7, 11) is 5.58. The van der Waals surface area contributed by atoms with Gasteiger partial charge in [0.1, 0.15) is 6.54 Å². The van der Waals surface area contributed by atoms with Crippen LogP contribution in [0.15, 0.2) is 0 Å². The number of hydrogen-bond acceptors (Lipinski definition) is 2. The standard InChI is InChI=1S/C9H22NO2.HI/c1-6-10(3,7-2)8-9(11-4)12-5;/h9H,6-8H2,1-5H3;1H/q+1;/p-1. The molecule has 0 radical (unpaired) electrons. The molecule has 0 amide bonds. The Kier molecular flexibility index (Phi) is 9.83. The SMILES string of the molecule is CC[N+](C)(CC)CC(OC)OC.[I-]. The van der Waals surface area contributed by atoms with E-state index in [0.717, 1.165) is 24.1 Å². The van der Waals surface area contributed by atoms with Crippen molar-refractivity contribution in [2.75, 3.05) is 40.9 Å². The molecule has 0 aromatic heterocycles. The lowest BCUT2D eigenvalue weighted by molar-refractivity contribution is -0.911. The second kappa shape index (κ2) is 7.96. The molecular weight excluding hydrogens is 281 g/mol. The maximum Gasteiger partial charge on any atom is 0.207 e. The van der Waals surface area contributed by atoms with Crippen molar-refractivity contribution in [2.45, 2.75) is 20.1 Å². The molecule has 13 heavy (non-hydrogen) atoms. The Morgan fingerprint density at radius 1 is 1.08 bits per heavy atom. The van der Waals surface area contributed by atoms with E-state index in [9.17, 15) is 0 Å². The van der Waals surface area contributed by atoms with Crippen LogP contribution >= 0.6 is 0 Å². The van der Waals surface area contributed by atoms with Gasteiger partial charge < -0.3 is 37.9 Å². The number of likely N-dealkylation sites (N-methyl/N-ethyl adjacent to an activating group) is 1. The summed E-state index contributed by atoms with van der Waals surface area (Å²) in [5.41, 5.74) is 0. The minimum absolute atomic E-state index is 0. The van der Waals surface area contributed by atoms with E-state index in [-0.39, 0.29) is 30.3 Å². The van der Waals surface area contributed by atoms with Crippen molar-refractivity contribution in [1.82, 2.24) is 0 Å². The van der Waals surface area contributed by atoms with Crippen molar-refractivity contribution in [3.63, 3.8) is 0 Å². The fourth-order valence-electron chi connectivity index (χ4n) is 1.09. The second-order valence-electron chi connectivity index (χ2n) is 3.34. The highest BCUT2D eigenvalue weighted by Gasteiger charge is 2.22. The molecule has 0 aromatic rings. The van der Waals surface area contributed by atoms with Crippen LogP contribution in [0.3, 0.4) is 0 Å². The van der Waals surface area contributed by atoms with E-state index in [2.05, 4.69) is 20.9 Å². The van der Waals surface area contributed by atoms with Crippen molar-refractivity contribution >= 4 is 0 Å². The number of hydrogen-bond donors (Lipinski definition) is 0. The highest BCUT2D eigenvalue weighted by Crippen LogP contribution is 2.05. The molecule has 0 N–H and O–H groups in total. The van der Waals surface area contributed by atoms with Gasteiger partial charge >= 0.3 is 0 Å². The van der Waals surface area contributed by atoms with Crippen LogP contribution < -0.4 is 24.0 Å². The third-order valence-electron chi connectivity index (χ3n) is 2.64. The van der Waals surface area contributed by atoms with Crippen LogP contribution in [0.1, 0.15) is 13.8 Å². The van der Waals surface area contributed by atoms with Crippen LogP contribution in [0.5, 0.6) is 0 Å². The molecule has 82 valence electrons. The third-order valence-corrected chi connectivity index (χ3v) is 2.64. The zero-order valence-electron chi connectivity index (χ0n) is 9.34. The van der Waals surface area contributed by atoms with Crippen molar-refractivity contribution in [2.24, 2.45) is 0 Å². The first-order valence-corrected chi connectivity index (χ1v) is 4.51. The Balaban J connectivity index is 0. The molecular formula is C9H22INO2. The van der Waals surface area contributed by atoms with Crippen molar-refractivity contribution in [1.29, 1.82) is 0 Å². The van der Waals surface area contributed by atoms with E-state index in [1.165, 1.54) is 0 Å². The number of ether oxygens (including phenoxy) is 2. The first kappa shape index (κ1) is 16.1. The lowest BCUT2D eigenvalue weighted by Crippen LogP contribution is -3.00. The molecule has 0 rings (SSSR count). The van der Waals surface area contributed by atoms with E-state index >= 15 is 0 Å². The Bertz CT molecular complexity index is 114. The first-order chi connectivity index (χ1) is 5.61. The van der Waals surface area contributed by atoms with Crippen LogP contribution in [-0.2, 0) is 9.47 Å². The highest BCUT2D eigenvalue weighted by molar-refractivity contribution is 4.41. The average Bonchev–Trinajstić information content (AvgIpc) is 2.14. The van der Waals surface area contributed by atoms with E-state index in [1.807, 2.05) is 0 Å². The number of nitrogens with zero attached hydrogens (tertiary/aromatic N) is 1. The van der Waals surface area contributed by atoms with Crippen molar-refractivity contribution in [3.05, 3.63) is 0 Å². The zero-order chi connectivity index (χ0) is 9.61. The monoisotopic (exact) mass is 303 g/mol. The highest BCUT2D eigenvalue weighted by atomic mass is 127. The normalized spacial score (nSPS) is 11.5. The van der Waals surface area contributed by atoms with Gasteiger partial charge in [0.25, 0.3) is 0 Å². The molecule has 0 unspecified atom stereocenters. The molecule has 4 heteroatoms. The summed E-state index contributed by atoms with van der Waals surface area (Å²) in [4.78, 5) is 0. The molecule has 0 aliphatic heterocycles. The molecule has 0 saturated carbocycles. The Hall–Kier alpha value is 0.610.